The maximum absolute atomic E-state index is 11.7. The standard InChI is InChI=1S/C16H23NO3/c1-11(2)16(15(19)20)8-9-17(10-16)12(3)13-6-4-5-7-14(13)18/h4-7,11-12,18H,8-10H2,1-3H3,(H,19,20). The molecule has 0 amide bonds. The van der Waals surface area contributed by atoms with Crippen molar-refractivity contribution in [2.75, 3.05) is 13.1 Å². The lowest BCUT2D eigenvalue weighted by Gasteiger charge is -2.31. The molecule has 0 spiro atoms. The Bertz CT molecular complexity index is 500. The van der Waals surface area contributed by atoms with Crippen LogP contribution in [-0.4, -0.2) is 34.2 Å². The van der Waals surface area contributed by atoms with E-state index in [9.17, 15) is 15.0 Å². The van der Waals surface area contributed by atoms with Gasteiger partial charge in [0.2, 0.25) is 0 Å². The fourth-order valence-corrected chi connectivity index (χ4v) is 3.12. The molecule has 110 valence electrons. The van der Waals surface area contributed by atoms with Crippen LogP contribution >= 0.6 is 0 Å². The van der Waals surface area contributed by atoms with Crippen LogP contribution in [0.15, 0.2) is 24.3 Å². The molecular weight excluding hydrogens is 254 g/mol. The van der Waals surface area contributed by atoms with Crippen LogP contribution in [0.3, 0.4) is 0 Å². The number of rotatable bonds is 4. The number of phenolic OH excluding ortho intramolecular Hbond substituents is 1. The van der Waals surface area contributed by atoms with Crippen LogP contribution in [0.2, 0.25) is 0 Å². The molecule has 2 unspecified atom stereocenters. The lowest BCUT2D eigenvalue weighted by Crippen LogP contribution is -2.39. The van der Waals surface area contributed by atoms with Crippen molar-refractivity contribution >= 4 is 5.97 Å². The Morgan fingerprint density at radius 3 is 2.45 bits per heavy atom. The zero-order valence-corrected chi connectivity index (χ0v) is 12.3. The fraction of sp³-hybridized carbons (Fsp3) is 0.562. The van der Waals surface area contributed by atoms with Gasteiger partial charge in [0.05, 0.1) is 5.41 Å². The molecule has 20 heavy (non-hydrogen) atoms. The smallest absolute Gasteiger partial charge is 0.311 e. The van der Waals surface area contributed by atoms with Crippen molar-refractivity contribution in [3.05, 3.63) is 29.8 Å². The molecular formula is C16H23NO3. The minimum absolute atomic E-state index is 0.0242. The minimum Gasteiger partial charge on any atom is -0.508 e. The van der Waals surface area contributed by atoms with Gasteiger partial charge in [0.1, 0.15) is 5.75 Å². The van der Waals surface area contributed by atoms with Gasteiger partial charge in [-0.25, -0.2) is 0 Å². The van der Waals surface area contributed by atoms with Gasteiger partial charge in [-0.1, -0.05) is 32.0 Å². The van der Waals surface area contributed by atoms with Crippen LogP contribution in [0, 0.1) is 11.3 Å². The van der Waals surface area contributed by atoms with E-state index in [1.54, 1.807) is 12.1 Å². The van der Waals surface area contributed by atoms with E-state index in [-0.39, 0.29) is 17.7 Å². The van der Waals surface area contributed by atoms with E-state index in [0.29, 0.717) is 13.0 Å². The Labute approximate surface area is 120 Å². The van der Waals surface area contributed by atoms with Crippen molar-refractivity contribution in [2.24, 2.45) is 11.3 Å². The maximum atomic E-state index is 11.7. The Morgan fingerprint density at radius 2 is 1.95 bits per heavy atom. The highest BCUT2D eigenvalue weighted by Gasteiger charge is 2.48. The molecule has 1 aromatic rings. The van der Waals surface area contributed by atoms with Crippen LogP contribution in [0.5, 0.6) is 5.75 Å². The summed E-state index contributed by atoms with van der Waals surface area (Å²) in [4.78, 5) is 13.8. The van der Waals surface area contributed by atoms with Crippen molar-refractivity contribution in [3.8, 4) is 5.75 Å². The highest BCUT2D eigenvalue weighted by Crippen LogP contribution is 2.42. The van der Waals surface area contributed by atoms with Gasteiger partial charge in [-0.15, -0.1) is 0 Å². The Morgan fingerprint density at radius 1 is 1.30 bits per heavy atom. The summed E-state index contributed by atoms with van der Waals surface area (Å²) in [7, 11) is 0. The Hall–Kier alpha value is -1.55. The summed E-state index contributed by atoms with van der Waals surface area (Å²) >= 11 is 0. The summed E-state index contributed by atoms with van der Waals surface area (Å²) < 4.78 is 0. The number of benzene rings is 1. The molecule has 1 aliphatic rings. The molecule has 0 aromatic heterocycles. The lowest BCUT2D eigenvalue weighted by molar-refractivity contribution is -0.151. The number of para-hydroxylation sites is 1. The first-order valence-electron chi connectivity index (χ1n) is 7.14. The molecule has 2 atom stereocenters. The topological polar surface area (TPSA) is 60.8 Å². The maximum Gasteiger partial charge on any atom is 0.311 e. The molecule has 1 fully saturated rings. The van der Waals surface area contributed by atoms with Gasteiger partial charge in [0, 0.05) is 18.2 Å². The molecule has 0 aliphatic carbocycles. The third-order valence-corrected chi connectivity index (χ3v) is 4.80. The molecule has 0 saturated carbocycles. The van der Waals surface area contributed by atoms with Crippen molar-refractivity contribution in [3.63, 3.8) is 0 Å². The van der Waals surface area contributed by atoms with E-state index < -0.39 is 11.4 Å². The molecule has 1 heterocycles. The summed E-state index contributed by atoms with van der Waals surface area (Å²) in [6, 6.07) is 7.29. The van der Waals surface area contributed by atoms with Crippen molar-refractivity contribution in [1.29, 1.82) is 0 Å². The first kappa shape index (κ1) is 14.9. The van der Waals surface area contributed by atoms with Gasteiger partial charge < -0.3 is 10.2 Å². The molecule has 2 rings (SSSR count). The molecule has 4 nitrogen and oxygen atoms in total. The molecule has 4 heteroatoms. The van der Waals surface area contributed by atoms with Gasteiger partial charge in [-0.2, -0.15) is 0 Å². The number of phenols is 1. The predicted octanol–water partition coefficient (Wildman–Crippen LogP) is 2.89. The van der Waals surface area contributed by atoms with Crippen LogP contribution in [-0.2, 0) is 4.79 Å². The summed E-state index contributed by atoms with van der Waals surface area (Å²) in [5.41, 5.74) is 0.191. The van der Waals surface area contributed by atoms with E-state index in [4.69, 9.17) is 0 Å². The van der Waals surface area contributed by atoms with E-state index in [1.165, 1.54) is 0 Å². The van der Waals surface area contributed by atoms with Gasteiger partial charge in [-0.3, -0.25) is 9.69 Å². The zero-order valence-electron chi connectivity index (χ0n) is 12.3. The van der Waals surface area contributed by atoms with E-state index >= 15 is 0 Å². The first-order valence-corrected chi connectivity index (χ1v) is 7.14. The van der Waals surface area contributed by atoms with Crippen molar-refractivity contribution < 1.29 is 15.0 Å². The normalized spacial score (nSPS) is 25.0. The Balaban J connectivity index is 2.21. The summed E-state index contributed by atoms with van der Waals surface area (Å²) in [5.74, 6) is -0.335. The van der Waals surface area contributed by atoms with Crippen molar-refractivity contribution in [2.45, 2.75) is 33.2 Å². The summed E-state index contributed by atoms with van der Waals surface area (Å²) in [6.45, 7) is 7.26. The van der Waals surface area contributed by atoms with Crippen molar-refractivity contribution in [1.82, 2.24) is 4.90 Å². The quantitative estimate of drug-likeness (QED) is 0.888. The van der Waals surface area contributed by atoms with Gasteiger partial charge in [0.25, 0.3) is 0 Å². The number of hydrogen-bond donors (Lipinski definition) is 2. The molecule has 1 aromatic carbocycles. The van der Waals surface area contributed by atoms with E-state index in [1.807, 2.05) is 32.9 Å². The number of carboxylic acid groups (broad SMARTS) is 1. The molecule has 1 saturated heterocycles. The summed E-state index contributed by atoms with van der Waals surface area (Å²) in [5, 5.41) is 19.5. The van der Waals surface area contributed by atoms with Crippen LogP contribution < -0.4 is 0 Å². The summed E-state index contributed by atoms with van der Waals surface area (Å²) in [6.07, 6.45) is 0.665. The number of carbonyl (C=O) groups is 1. The van der Waals surface area contributed by atoms with Crippen LogP contribution in [0.4, 0.5) is 0 Å². The fourth-order valence-electron chi connectivity index (χ4n) is 3.12. The number of aliphatic carboxylic acids is 1. The average molecular weight is 277 g/mol. The number of hydrogen-bond acceptors (Lipinski definition) is 3. The molecule has 0 radical (unpaired) electrons. The van der Waals surface area contributed by atoms with Gasteiger partial charge in [0.15, 0.2) is 0 Å². The third-order valence-electron chi connectivity index (χ3n) is 4.80. The molecule has 2 N–H and O–H groups in total. The number of nitrogens with zero attached hydrogens (tertiary/aromatic N) is 1. The first-order chi connectivity index (χ1) is 9.38. The highest BCUT2D eigenvalue weighted by atomic mass is 16.4. The molecule has 1 aliphatic heterocycles. The second kappa shape index (κ2) is 5.44. The second-order valence-corrected chi connectivity index (χ2v) is 6.07. The number of aromatic hydroxyl groups is 1. The average Bonchev–Trinajstić information content (AvgIpc) is 2.85. The van der Waals surface area contributed by atoms with E-state index in [0.717, 1.165) is 12.1 Å². The minimum atomic E-state index is -0.709. The molecule has 0 bridgehead atoms. The largest absolute Gasteiger partial charge is 0.508 e. The van der Waals surface area contributed by atoms with Gasteiger partial charge >= 0.3 is 5.97 Å². The Kier molecular flexibility index (Phi) is 4.04. The second-order valence-electron chi connectivity index (χ2n) is 6.07. The monoisotopic (exact) mass is 277 g/mol. The predicted molar refractivity (Wildman–Crippen MR) is 77.6 cm³/mol. The van der Waals surface area contributed by atoms with Gasteiger partial charge in [-0.05, 0) is 31.9 Å². The number of carboxylic acids is 1. The highest BCUT2D eigenvalue weighted by molar-refractivity contribution is 5.75. The lowest BCUT2D eigenvalue weighted by atomic mass is 9.76. The SMILES string of the molecule is CC(c1ccccc1O)N1CCC(C(=O)O)(C(C)C)C1. The van der Waals surface area contributed by atoms with Crippen LogP contribution in [0.25, 0.3) is 0 Å². The van der Waals surface area contributed by atoms with Crippen LogP contribution in [0.1, 0.15) is 38.8 Å². The number of likely N-dealkylation sites (tertiary alicyclic amines) is 1. The zero-order chi connectivity index (χ0) is 14.9. The third kappa shape index (κ3) is 2.40. The van der Waals surface area contributed by atoms with E-state index in [2.05, 4.69) is 4.90 Å².